The second kappa shape index (κ2) is 9.81. The van der Waals surface area contributed by atoms with Crippen LogP contribution in [0.1, 0.15) is 0 Å². The average molecular weight is 541 g/mol. The molecule has 6 aromatic carbocycles. The van der Waals surface area contributed by atoms with E-state index in [1.54, 1.807) is 11.3 Å². The van der Waals surface area contributed by atoms with Crippen molar-refractivity contribution in [3.05, 3.63) is 146 Å². The molecule has 0 aliphatic rings. The normalized spacial score (nSPS) is 11.4. The van der Waals surface area contributed by atoms with Crippen molar-refractivity contribution in [2.24, 2.45) is 0 Å². The highest BCUT2D eigenvalue weighted by Crippen LogP contribution is 2.43. The Bertz CT molecular complexity index is 2180. The number of hydrogen-bond donors (Lipinski definition) is 0. The molecule has 2 nitrogen and oxygen atoms in total. The molecule has 8 rings (SSSR count). The Morgan fingerprint density at radius 1 is 0.439 bits per heavy atom. The molecule has 0 aliphatic carbocycles. The summed E-state index contributed by atoms with van der Waals surface area (Å²) in [4.78, 5) is 10.4. The van der Waals surface area contributed by atoms with E-state index in [2.05, 4.69) is 121 Å². The van der Waals surface area contributed by atoms with Gasteiger partial charge in [-0.3, -0.25) is 0 Å². The number of nitrogens with zero attached hydrogens (tertiary/aromatic N) is 2. The number of hydrogen-bond acceptors (Lipinski definition) is 3. The van der Waals surface area contributed by atoms with Gasteiger partial charge in [0.1, 0.15) is 0 Å². The highest BCUT2D eigenvalue weighted by Gasteiger charge is 2.19. The van der Waals surface area contributed by atoms with Crippen LogP contribution in [0, 0.1) is 0 Å². The first-order chi connectivity index (χ1) is 20.3. The van der Waals surface area contributed by atoms with E-state index in [-0.39, 0.29) is 0 Å². The Morgan fingerprint density at radius 3 is 1.85 bits per heavy atom. The van der Waals surface area contributed by atoms with Crippen LogP contribution in [-0.2, 0) is 0 Å². The molecule has 0 fully saturated rings. The third-order valence-corrected chi connectivity index (χ3v) is 8.85. The molecule has 3 heteroatoms. The van der Waals surface area contributed by atoms with Gasteiger partial charge in [0.05, 0.1) is 15.9 Å². The van der Waals surface area contributed by atoms with Crippen LogP contribution in [0.2, 0.25) is 0 Å². The lowest BCUT2D eigenvalue weighted by atomic mass is 9.98. The van der Waals surface area contributed by atoms with Crippen molar-refractivity contribution >= 4 is 42.4 Å². The number of fused-ring (bicyclic) bond motifs is 4. The first kappa shape index (κ1) is 23.7. The van der Waals surface area contributed by atoms with Gasteiger partial charge in [0.25, 0.3) is 0 Å². The Hall–Kier alpha value is -5.12. The zero-order valence-corrected chi connectivity index (χ0v) is 23.0. The minimum Gasteiger partial charge on any atom is -0.226 e. The van der Waals surface area contributed by atoms with E-state index >= 15 is 0 Å². The zero-order chi connectivity index (χ0) is 27.2. The van der Waals surface area contributed by atoms with Gasteiger partial charge in [-0.15, -0.1) is 11.3 Å². The Kier molecular flexibility index (Phi) is 5.68. The summed E-state index contributed by atoms with van der Waals surface area (Å²) in [5, 5.41) is 3.67. The second-order valence-electron chi connectivity index (χ2n) is 10.2. The van der Waals surface area contributed by atoms with Crippen LogP contribution in [0.25, 0.3) is 76.0 Å². The van der Waals surface area contributed by atoms with Crippen LogP contribution in [0.5, 0.6) is 0 Å². The van der Waals surface area contributed by atoms with Gasteiger partial charge >= 0.3 is 0 Å². The standard InChI is InChI=1S/C38H24N2S/c1-3-10-25(11-4-1)27-18-21-28(22-19-27)35-37-36(40-38(39-35)29-13-5-2-6-14-29)34-32(16-9-17-33(34)41-37)31-23-20-26-12-7-8-15-30(26)24-31/h1-24H. The Morgan fingerprint density at radius 2 is 1.07 bits per heavy atom. The third kappa shape index (κ3) is 4.19. The largest absolute Gasteiger partial charge is 0.226 e. The fourth-order valence-electron chi connectivity index (χ4n) is 5.65. The zero-order valence-electron chi connectivity index (χ0n) is 22.2. The smallest absolute Gasteiger partial charge is 0.160 e. The van der Waals surface area contributed by atoms with E-state index in [0.717, 1.165) is 32.9 Å². The van der Waals surface area contributed by atoms with E-state index in [4.69, 9.17) is 9.97 Å². The van der Waals surface area contributed by atoms with Gasteiger partial charge < -0.3 is 0 Å². The van der Waals surface area contributed by atoms with Crippen LogP contribution >= 0.6 is 11.3 Å². The summed E-state index contributed by atoms with van der Waals surface area (Å²) in [6.07, 6.45) is 0. The van der Waals surface area contributed by atoms with Crippen molar-refractivity contribution in [2.45, 2.75) is 0 Å². The molecule has 41 heavy (non-hydrogen) atoms. The molecule has 0 saturated carbocycles. The van der Waals surface area contributed by atoms with Crippen molar-refractivity contribution in [1.29, 1.82) is 0 Å². The summed E-state index contributed by atoms with van der Waals surface area (Å²) in [6, 6.07) is 51.4. The highest BCUT2D eigenvalue weighted by atomic mass is 32.1. The summed E-state index contributed by atoms with van der Waals surface area (Å²) in [6.45, 7) is 0. The topological polar surface area (TPSA) is 25.8 Å². The molecule has 0 unspecified atom stereocenters. The molecule has 8 aromatic rings. The molecule has 0 spiro atoms. The highest BCUT2D eigenvalue weighted by molar-refractivity contribution is 7.26. The van der Waals surface area contributed by atoms with E-state index in [0.29, 0.717) is 0 Å². The first-order valence-electron chi connectivity index (χ1n) is 13.8. The van der Waals surface area contributed by atoms with E-state index in [1.165, 1.54) is 43.1 Å². The number of thiophene rings is 1. The van der Waals surface area contributed by atoms with Crippen molar-refractivity contribution in [3.8, 4) is 44.9 Å². The third-order valence-electron chi connectivity index (χ3n) is 7.70. The monoisotopic (exact) mass is 540 g/mol. The maximum Gasteiger partial charge on any atom is 0.160 e. The lowest BCUT2D eigenvalue weighted by molar-refractivity contribution is 1.24. The molecular formula is C38H24N2S. The first-order valence-corrected chi connectivity index (χ1v) is 14.6. The van der Waals surface area contributed by atoms with Crippen LogP contribution < -0.4 is 0 Å². The average Bonchev–Trinajstić information content (AvgIpc) is 3.44. The Labute approximate surface area is 242 Å². The lowest BCUT2D eigenvalue weighted by Crippen LogP contribution is -1.94. The van der Waals surface area contributed by atoms with Crippen molar-refractivity contribution in [3.63, 3.8) is 0 Å². The summed E-state index contributed by atoms with van der Waals surface area (Å²) >= 11 is 1.78. The van der Waals surface area contributed by atoms with Gasteiger partial charge in [-0.1, -0.05) is 133 Å². The van der Waals surface area contributed by atoms with Gasteiger partial charge in [0, 0.05) is 21.2 Å². The van der Waals surface area contributed by atoms with Crippen LogP contribution in [-0.4, -0.2) is 9.97 Å². The van der Waals surface area contributed by atoms with Gasteiger partial charge in [-0.2, -0.15) is 0 Å². The molecule has 0 amide bonds. The number of rotatable bonds is 4. The minimum atomic E-state index is 0.744. The summed E-state index contributed by atoms with van der Waals surface area (Å²) < 4.78 is 2.33. The maximum absolute atomic E-state index is 5.23. The molecule has 2 aromatic heterocycles. The molecule has 2 heterocycles. The van der Waals surface area contributed by atoms with E-state index < -0.39 is 0 Å². The number of aromatic nitrogens is 2. The molecular weight excluding hydrogens is 516 g/mol. The van der Waals surface area contributed by atoms with Gasteiger partial charge in [0.15, 0.2) is 5.82 Å². The second-order valence-corrected chi connectivity index (χ2v) is 11.3. The lowest BCUT2D eigenvalue weighted by Gasteiger charge is -2.09. The molecule has 0 bridgehead atoms. The van der Waals surface area contributed by atoms with Crippen LogP contribution in [0.15, 0.2) is 146 Å². The molecule has 0 saturated heterocycles. The van der Waals surface area contributed by atoms with Crippen molar-refractivity contribution in [1.82, 2.24) is 9.97 Å². The predicted octanol–water partition coefficient (Wildman–Crippen LogP) is 10.7. The maximum atomic E-state index is 5.23. The SMILES string of the molecule is c1ccc(-c2ccc(-c3nc(-c4ccccc4)nc4c3sc3cccc(-c5ccc6ccccc6c5)c34)cc2)cc1. The molecule has 0 atom stereocenters. The molecule has 0 N–H and O–H groups in total. The van der Waals surface area contributed by atoms with Gasteiger partial charge in [-0.25, -0.2) is 9.97 Å². The summed E-state index contributed by atoms with van der Waals surface area (Å²) in [7, 11) is 0. The fraction of sp³-hybridized carbons (Fsp3) is 0. The summed E-state index contributed by atoms with van der Waals surface area (Å²) in [5.41, 5.74) is 8.87. The minimum absolute atomic E-state index is 0.744. The fourth-order valence-corrected chi connectivity index (χ4v) is 6.83. The quantitative estimate of drug-likeness (QED) is 0.222. The van der Waals surface area contributed by atoms with Crippen LogP contribution in [0.4, 0.5) is 0 Å². The number of benzene rings is 6. The van der Waals surface area contributed by atoms with Crippen molar-refractivity contribution in [2.75, 3.05) is 0 Å². The summed E-state index contributed by atoms with van der Waals surface area (Å²) in [5.74, 6) is 0.744. The van der Waals surface area contributed by atoms with Crippen LogP contribution in [0.3, 0.4) is 0 Å². The van der Waals surface area contributed by atoms with Crippen molar-refractivity contribution < 1.29 is 0 Å². The molecule has 0 aliphatic heterocycles. The van der Waals surface area contributed by atoms with E-state index in [1.807, 2.05) is 24.3 Å². The molecule has 0 radical (unpaired) electrons. The van der Waals surface area contributed by atoms with Gasteiger partial charge in [0.2, 0.25) is 0 Å². The molecule has 192 valence electrons. The predicted molar refractivity (Wildman–Crippen MR) is 174 cm³/mol. The van der Waals surface area contributed by atoms with Gasteiger partial charge in [-0.05, 0) is 45.2 Å². The van der Waals surface area contributed by atoms with E-state index in [9.17, 15) is 0 Å². The Balaban J connectivity index is 1.38.